The lowest BCUT2D eigenvalue weighted by Crippen LogP contribution is -2.67. The molecule has 0 saturated heterocycles. The molecular weight excluding hydrogens is 848 g/mol. The number of rotatable bonds is 27. The van der Waals surface area contributed by atoms with E-state index >= 15 is 0 Å². The quantitative estimate of drug-likeness (QED) is 0.0510. The van der Waals surface area contributed by atoms with E-state index in [0.29, 0.717) is 30.8 Å². The third-order valence-electron chi connectivity index (χ3n) is 13.0. The summed E-state index contributed by atoms with van der Waals surface area (Å²) >= 11 is 0. The number of aliphatic hydroxyl groups is 2. The first-order valence-corrected chi connectivity index (χ1v) is 23.8. The maximum absolute atomic E-state index is 13.2. The molecule has 6 atom stereocenters. The van der Waals surface area contributed by atoms with Crippen molar-refractivity contribution in [2.24, 2.45) is 23.2 Å². The lowest BCUT2D eigenvalue weighted by molar-refractivity contribution is -0.457. The van der Waals surface area contributed by atoms with Gasteiger partial charge in [-0.25, -0.2) is 0 Å². The van der Waals surface area contributed by atoms with Crippen LogP contribution < -0.4 is 4.74 Å². The molecule has 3 aliphatic carbocycles. The maximum Gasteiger partial charge on any atom is 0.435 e. The van der Waals surface area contributed by atoms with Crippen LogP contribution in [0.15, 0.2) is 18.2 Å². The molecule has 0 aromatic heterocycles. The summed E-state index contributed by atoms with van der Waals surface area (Å²) in [5.74, 6) is 4.17. The minimum Gasteiger partial charge on any atom is -0.492 e. The number of aryl methyl sites for hydroxylation is 1. The van der Waals surface area contributed by atoms with Crippen LogP contribution in [0.1, 0.15) is 94.6 Å². The number of unbranched alkanes of at least 4 members (excludes halogenated alkanes) is 1. The van der Waals surface area contributed by atoms with Gasteiger partial charge in [0.25, 0.3) is 0 Å². The fourth-order valence-corrected chi connectivity index (χ4v) is 11.7. The van der Waals surface area contributed by atoms with Gasteiger partial charge in [0.05, 0.1) is 12.7 Å². The molecule has 1 unspecified atom stereocenters. The zero-order valence-corrected chi connectivity index (χ0v) is 36.7. The molecule has 7 nitrogen and oxygen atoms in total. The van der Waals surface area contributed by atoms with E-state index in [9.17, 15) is 44.6 Å². The smallest absolute Gasteiger partial charge is 0.435 e. The summed E-state index contributed by atoms with van der Waals surface area (Å²) in [7, 11) is 8.11. The van der Waals surface area contributed by atoms with E-state index in [-0.39, 0.29) is 37.3 Å². The number of nitrogens with zero attached hydrogens (tertiary/aromatic N) is 2. The van der Waals surface area contributed by atoms with Crippen LogP contribution in [0.2, 0.25) is 0 Å². The monoisotopic (exact) mass is 913 g/mol. The first-order valence-electron chi connectivity index (χ1n) is 21.7. The normalized spacial score (nSPS) is 24.4. The molecule has 4 rings (SSSR count). The number of likely N-dealkylation sites (N-methyl/N-ethyl adjacent to an activating group) is 1. The molecule has 0 radical (unpaired) electrons. The van der Waals surface area contributed by atoms with Crippen molar-refractivity contribution < 1.29 is 63.9 Å². The number of benzene rings is 1. The van der Waals surface area contributed by atoms with Crippen LogP contribution in [0.4, 0.5) is 39.5 Å². The second-order valence-electron chi connectivity index (χ2n) is 17.2. The Balaban J connectivity index is 1.10. The van der Waals surface area contributed by atoms with Gasteiger partial charge in [-0.05, 0) is 151 Å². The highest BCUT2D eigenvalue weighted by Crippen LogP contribution is 2.62. The number of ether oxygens (including phenoxy) is 3. The number of alkyl halides is 9. The summed E-state index contributed by atoms with van der Waals surface area (Å²) in [5, 5.41) is 13.7. The molecule has 0 spiro atoms. The first-order chi connectivity index (χ1) is 28.8. The van der Waals surface area contributed by atoms with Crippen molar-refractivity contribution in [2.45, 2.75) is 120 Å². The van der Waals surface area contributed by atoms with Gasteiger partial charge in [0.1, 0.15) is 12.4 Å². The van der Waals surface area contributed by atoms with Crippen molar-refractivity contribution >= 4 is 21.6 Å². The van der Waals surface area contributed by atoms with Crippen molar-refractivity contribution in [1.29, 1.82) is 1.43 Å². The molecule has 1 aromatic rings. The summed E-state index contributed by atoms with van der Waals surface area (Å²) in [6, 6.07) is 6.38. The predicted molar refractivity (Wildman–Crippen MR) is 218 cm³/mol. The summed E-state index contributed by atoms with van der Waals surface area (Å²) in [5.41, 5.74) is -3.91. The first kappa shape index (κ1) is 49.9. The van der Waals surface area contributed by atoms with Crippen LogP contribution in [0.5, 0.6) is 5.75 Å². The highest BCUT2D eigenvalue weighted by Gasteiger charge is 2.85. The Hall–Kier alpha value is -1.15. The SMILES string of the molecule is [2H]OCC(CO)CCCCN(C)CCCSSCCCN(C)CCOc1ccc2c(c1)CC[C@@H]1[C@@H]2CC[C@]2(C)[C@@H](OCCCOC(C(F)(F)F)(C(F)(F)F)C(F)(F)F)CC[C@@H]12. The minimum absolute atomic E-state index is 0.0547. The highest BCUT2D eigenvalue weighted by molar-refractivity contribution is 8.76. The van der Waals surface area contributed by atoms with Crippen molar-refractivity contribution in [3.05, 3.63) is 29.3 Å². The van der Waals surface area contributed by atoms with Gasteiger partial charge in [0, 0.05) is 43.8 Å². The van der Waals surface area contributed by atoms with Crippen molar-refractivity contribution in [2.75, 3.05) is 84.8 Å². The standard InChI is InChI=1S/C42H65F9N2O5S2/c1-38-17-16-34-33-13-11-32(56-24-21-53(3)20-7-26-60-59-25-6-19-52(2)18-5-4-9-30(28-54)29-55)27-31(33)10-12-35(34)36(38)14-15-37(38)57-22-8-23-58-39(40(43,44)45,41(46,47)48)42(49,50)51/h11,13,27,30,34-37,54-55H,4-10,12,14-26,28-29H2,1-3H3/t34-,35-,36+,37+,38+/m1/s1/i54D/t30?,34-,35-,36+,37+,38+. The number of fused-ring (bicyclic) bond motifs is 5. The molecule has 0 aliphatic heterocycles. The maximum atomic E-state index is 13.2. The van der Waals surface area contributed by atoms with Gasteiger partial charge in [-0.15, -0.1) is 0 Å². The molecule has 2 fully saturated rings. The molecule has 2 N–H and O–H groups in total. The van der Waals surface area contributed by atoms with Crippen molar-refractivity contribution in [3.8, 4) is 5.75 Å². The Morgan fingerprint density at radius 2 is 1.45 bits per heavy atom. The molecule has 3 aliphatic rings. The fourth-order valence-electron chi connectivity index (χ4n) is 9.60. The molecule has 348 valence electrons. The summed E-state index contributed by atoms with van der Waals surface area (Å²) in [6.45, 7) is 5.23. The average molecular weight is 914 g/mol. The fraction of sp³-hybridized carbons (Fsp3) is 0.857. The third-order valence-corrected chi connectivity index (χ3v) is 15.6. The second-order valence-corrected chi connectivity index (χ2v) is 19.9. The Labute approximate surface area is 359 Å². The second kappa shape index (κ2) is 23.2. The zero-order chi connectivity index (χ0) is 44.9. The number of hydrogen-bond donors (Lipinski definition) is 2. The molecular formula is C42H65F9N2O5S2. The van der Waals surface area contributed by atoms with Gasteiger partial charge in [-0.2, -0.15) is 39.5 Å². The third kappa shape index (κ3) is 13.2. The Morgan fingerprint density at radius 1 is 0.800 bits per heavy atom. The highest BCUT2D eigenvalue weighted by atomic mass is 33.1. The van der Waals surface area contributed by atoms with Crippen LogP contribution in [-0.2, 0) is 15.9 Å². The number of halogens is 9. The summed E-state index contributed by atoms with van der Waals surface area (Å²) < 4.78 is 141. The average Bonchev–Trinajstić information content (AvgIpc) is 3.52. The lowest BCUT2D eigenvalue weighted by Gasteiger charge is -2.50. The molecule has 1 aromatic carbocycles. The molecule has 0 amide bonds. The van der Waals surface area contributed by atoms with Crippen LogP contribution in [0.3, 0.4) is 0 Å². The van der Waals surface area contributed by atoms with E-state index in [4.69, 9.17) is 10.9 Å². The number of hydrogen-bond acceptors (Lipinski definition) is 9. The minimum atomic E-state index is -6.74. The molecule has 60 heavy (non-hydrogen) atoms. The lowest BCUT2D eigenvalue weighted by atomic mass is 9.55. The van der Waals surface area contributed by atoms with Crippen LogP contribution >= 0.6 is 21.6 Å². The Bertz CT molecular complexity index is 1410. The van der Waals surface area contributed by atoms with Crippen molar-refractivity contribution in [3.63, 3.8) is 0 Å². The van der Waals surface area contributed by atoms with E-state index in [1.807, 2.05) is 27.7 Å². The van der Waals surface area contributed by atoms with Crippen molar-refractivity contribution in [1.82, 2.24) is 9.80 Å². The van der Waals surface area contributed by atoms with Crippen LogP contribution in [0, 0.1) is 23.2 Å². The molecule has 18 heteroatoms. The van der Waals surface area contributed by atoms with E-state index in [1.54, 1.807) is 0 Å². The zero-order valence-electron chi connectivity index (χ0n) is 36.1. The van der Waals surface area contributed by atoms with Crippen LogP contribution in [0.25, 0.3) is 0 Å². The van der Waals surface area contributed by atoms with Gasteiger partial charge in [-0.1, -0.05) is 41.0 Å². The molecule has 0 bridgehead atoms. The van der Waals surface area contributed by atoms with Gasteiger partial charge in [-0.3, -0.25) is 0 Å². The topological polar surface area (TPSA) is 74.6 Å². The van der Waals surface area contributed by atoms with Gasteiger partial charge in [0.2, 0.25) is 1.43 Å². The Kier molecular flexibility index (Phi) is 19.2. The number of aliphatic hydroxyl groups excluding tert-OH is 2. The molecule has 2 saturated carbocycles. The summed E-state index contributed by atoms with van der Waals surface area (Å²) in [4.78, 5) is 4.64. The van der Waals surface area contributed by atoms with E-state index < -0.39 is 37.2 Å². The predicted octanol–water partition coefficient (Wildman–Crippen LogP) is 9.94. The molecule has 0 heterocycles. The summed E-state index contributed by atoms with van der Waals surface area (Å²) in [6.07, 6.45) is -10.7. The largest absolute Gasteiger partial charge is 0.492 e. The van der Waals surface area contributed by atoms with E-state index in [2.05, 4.69) is 52.8 Å². The van der Waals surface area contributed by atoms with E-state index in [1.165, 1.54) is 11.1 Å². The van der Waals surface area contributed by atoms with Crippen LogP contribution in [-0.4, -0.2) is 136 Å². The van der Waals surface area contributed by atoms with Gasteiger partial charge < -0.3 is 34.2 Å². The van der Waals surface area contributed by atoms with E-state index in [0.717, 1.165) is 108 Å². The van der Waals surface area contributed by atoms with Gasteiger partial charge in [0.15, 0.2) is 0 Å². The van der Waals surface area contributed by atoms with Gasteiger partial charge >= 0.3 is 24.1 Å². The Morgan fingerprint density at radius 3 is 2.08 bits per heavy atom.